The van der Waals surface area contributed by atoms with Crippen LogP contribution in [0.4, 0.5) is 4.39 Å². The van der Waals surface area contributed by atoms with E-state index in [2.05, 4.69) is 21.8 Å². The van der Waals surface area contributed by atoms with Crippen LogP contribution in [0.25, 0.3) is 5.57 Å². The van der Waals surface area contributed by atoms with E-state index in [-0.39, 0.29) is 16.8 Å². The minimum absolute atomic E-state index is 0.0625. The van der Waals surface area contributed by atoms with Gasteiger partial charge in [-0.3, -0.25) is 0 Å². The zero-order chi connectivity index (χ0) is 17.5. The van der Waals surface area contributed by atoms with Gasteiger partial charge in [-0.05, 0) is 18.1 Å². The minimum atomic E-state index is -1.64. The van der Waals surface area contributed by atoms with Crippen molar-refractivity contribution >= 4 is 34.5 Å². The molecule has 8 heteroatoms. The molecule has 0 fully saturated rings. The minimum Gasteiger partial charge on any atom is -0.391 e. The van der Waals surface area contributed by atoms with Crippen molar-refractivity contribution in [3.8, 4) is 0 Å². The van der Waals surface area contributed by atoms with Crippen LogP contribution < -0.4 is 0 Å². The molecule has 0 amide bonds. The van der Waals surface area contributed by atoms with Gasteiger partial charge in [0, 0.05) is 5.56 Å². The van der Waals surface area contributed by atoms with Gasteiger partial charge in [-0.1, -0.05) is 65.3 Å². The zero-order valence-electron chi connectivity index (χ0n) is 12.9. The quantitative estimate of drug-likeness (QED) is 0.312. The van der Waals surface area contributed by atoms with E-state index in [4.69, 9.17) is 28.0 Å². The fraction of sp³-hybridized carbons (Fsp3) is 0.188. The molecule has 0 bridgehead atoms. The molecule has 1 unspecified atom stereocenters. The van der Waals surface area contributed by atoms with E-state index in [1.807, 2.05) is 0 Å². The van der Waals surface area contributed by atoms with Crippen molar-refractivity contribution in [1.29, 1.82) is 0 Å². The highest BCUT2D eigenvalue weighted by Crippen LogP contribution is 2.25. The molecule has 0 saturated heterocycles. The van der Waals surface area contributed by atoms with E-state index in [1.54, 1.807) is 31.2 Å². The van der Waals surface area contributed by atoms with E-state index in [0.29, 0.717) is 5.56 Å². The predicted molar refractivity (Wildman–Crippen MR) is 93.6 cm³/mol. The normalized spacial score (nSPS) is 12.6. The molecule has 5 nitrogen and oxygen atoms in total. The molecule has 0 aliphatic rings. The summed E-state index contributed by atoms with van der Waals surface area (Å²) in [5, 5.41) is 7.66. The molecular weight excluding hydrogens is 354 g/mol. The van der Waals surface area contributed by atoms with Crippen LogP contribution in [-0.4, -0.2) is 27.1 Å². The van der Waals surface area contributed by atoms with Crippen molar-refractivity contribution in [2.45, 2.75) is 13.2 Å². The van der Waals surface area contributed by atoms with Crippen LogP contribution in [-0.2, 0) is 4.84 Å². The van der Waals surface area contributed by atoms with Gasteiger partial charge in [0.2, 0.25) is 6.30 Å². The summed E-state index contributed by atoms with van der Waals surface area (Å²) >= 11 is 11.6. The predicted octanol–water partition coefficient (Wildman–Crippen LogP) is 4.52. The molecule has 1 aromatic carbocycles. The van der Waals surface area contributed by atoms with Crippen molar-refractivity contribution in [3.05, 3.63) is 65.2 Å². The number of aromatic nitrogens is 3. The Hall–Kier alpha value is -2.18. The fourth-order valence-corrected chi connectivity index (χ4v) is 2.07. The van der Waals surface area contributed by atoms with Gasteiger partial charge >= 0.3 is 0 Å². The maximum Gasteiger partial charge on any atom is 0.239 e. The average molecular weight is 369 g/mol. The SMILES string of the molecule is C=CCON=C(c1ccc(C(C)=C(Cl)Cl)cc1)C(F)n1cncn1. The van der Waals surface area contributed by atoms with Crippen LogP contribution >= 0.6 is 23.2 Å². The second kappa shape index (κ2) is 8.61. The van der Waals surface area contributed by atoms with Gasteiger partial charge in [-0.15, -0.1) is 0 Å². The first-order valence-electron chi connectivity index (χ1n) is 6.96. The number of nitrogens with zero attached hydrogens (tertiary/aromatic N) is 4. The Bertz CT molecular complexity index is 738. The highest BCUT2D eigenvalue weighted by atomic mass is 35.5. The summed E-state index contributed by atoms with van der Waals surface area (Å²) in [6, 6.07) is 6.95. The second-order valence-electron chi connectivity index (χ2n) is 4.74. The highest BCUT2D eigenvalue weighted by Gasteiger charge is 2.21. The van der Waals surface area contributed by atoms with Gasteiger partial charge in [0.1, 0.15) is 29.5 Å². The Morgan fingerprint density at radius 2 is 2.04 bits per heavy atom. The molecule has 2 aromatic rings. The summed E-state index contributed by atoms with van der Waals surface area (Å²) in [6.45, 7) is 5.48. The molecule has 1 atom stereocenters. The molecule has 0 aliphatic carbocycles. The molecule has 0 radical (unpaired) electrons. The third-order valence-electron chi connectivity index (χ3n) is 3.15. The number of oxime groups is 1. The first-order valence-corrected chi connectivity index (χ1v) is 7.71. The van der Waals surface area contributed by atoms with E-state index in [0.717, 1.165) is 15.8 Å². The van der Waals surface area contributed by atoms with Crippen LogP contribution in [0.3, 0.4) is 0 Å². The smallest absolute Gasteiger partial charge is 0.239 e. The Kier molecular flexibility index (Phi) is 6.52. The Morgan fingerprint density at radius 1 is 1.38 bits per heavy atom. The third kappa shape index (κ3) is 4.43. The molecular formula is C16H15Cl2FN4O. The lowest BCUT2D eigenvalue weighted by Gasteiger charge is -2.12. The molecule has 1 aromatic heterocycles. The zero-order valence-corrected chi connectivity index (χ0v) is 14.4. The first-order chi connectivity index (χ1) is 11.5. The maximum atomic E-state index is 14.7. The average Bonchev–Trinajstić information content (AvgIpc) is 3.12. The van der Waals surface area contributed by atoms with Gasteiger partial charge in [-0.25, -0.2) is 14.1 Å². The van der Waals surface area contributed by atoms with E-state index >= 15 is 0 Å². The molecule has 1 heterocycles. The number of hydrogen-bond donors (Lipinski definition) is 0. The fourth-order valence-electron chi connectivity index (χ4n) is 1.85. The van der Waals surface area contributed by atoms with Gasteiger partial charge in [-0.2, -0.15) is 5.10 Å². The standard InChI is InChI=1S/C16H15Cl2FN4O/c1-3-8-24-22-14(16(19)23-10-20-9-21-23)13-6-4-12(5-7-13)11(2)15(17)18/h3-7,9-10,16H,1,8H2,2H3. The molecule has 0 saturated carbocycles. The van der Waals surface area contributed by atoms with Crippen LogP contribution in [0.15, 0.2) is 59.2 Å². The van der Waals surface area contributed by atoms with Crippen molar-refractivity contribution in [3.63, 3.8) is 0 Å². The highest BCUT2D eigenvalue weighted by molar-refractivity contribution is 6.58. The number of alkyl halides is 1. The van der Waals surface area contributed by atoms with Crippen LogP contribution in [0.5, 0.6) is 0 Å². The Morgan fingerprint density at radius 3 is 2.58 bits per heavy atom. The monoisotopic (exact) mass is 368 g/mol. The van der Waals surface area contributed by atoms with Crippen LogP contribution in [0, 0.1) is 0 Å². The molecule has 0 spiro atoms. The first kappa shape index (κ1) is 18.2. The van der Waals surface area contributed by atoms with Crippen LogP contribution in [0.2, 0.25) is 0 Å². The van der Waals surface area contributed by atoms with Gasteiger partial charge in [0.25, 0.3) is 0 Å². The summed E-state index contributed by atoms with van der Waals surface area (Å²) in [6.07, 6.45) is 2.39. The molecule has 0 N–H and O–H groups in total. The largest absolute Gasteiger partial charge is 0.391 e. The number of allylic oxidation sites excluding steroid dienone is 1. The van der Waals surface area contributed by atoms with Gasteiger partial charge in [0.05, 0.1) is 0 Å². The summed E-state index contributed by atoms with van der Waals surface area (Å²) in [7, 11) is 0. The molecule has 2 rings (SSSR count). The Balaban J connectivity index is 2.35. The summed E-state index contributed by atoms with van der Waals surface area (Å²) in [4.78, 5) is 8.79. The Labute approximate surface area is 149 Å². The number of halogens is 3. The van der Waals surface area contributed by atoms with Crippen molar-refractivity contribution in [2.24, 2.45) is 5.16 Å². The summed E-state index contributed by atoms with van der Waals surface area (Å²) < 4.78 is 15.9. The van der Waals surface area contributed by atoms with E-state index in [1.165, 1.54) is 18.7 Å². The van der Waals surface area contributed by atoms with E-state index in [9.17, 15) is 4.39 Å². The van der Waals surface area contributed by atoms with Crippen molar-refractivity contribution in [1.82, 2.24) is 14.8 Å². The van der Waals surface area contributed by atoms with Gasteiger partial charge < -0.3 is 4.84 Å². The lowest BCUT2D eigenvalue weighted by Crippen LogP contribution is -2.18. The van der Waals surface area contributed by atoms with Crippen molar-refractivity contribution < 1.29 is 9.23 Å². The topological polar surface area (TPSA) is 52.3 Å². The lowest BCUT2D eigenvalue weighted by molar-refractivity contribution is 0.168. The molecule has 0 aliphatic heterocycles. The van der Waals surface area contributed by atoms with Gasteiger partial charge in [0.15, 0.2) is 0 Å². The van der Waals surface area contributed by atoms with Crippen LogP contribution in [0.1, 0.15) is 24.3 Å². The van der Waals surface area contributed by atoms with E-state index < -0.39 is 6.30 Å². The third-order valence-corrected chi connectivity index (χ3v) is 3.71. The number of benzene rings is 1. The van der Waals surface area contributed by atoms with Crippen molar-refractivity contribution in [2.75, 3.05) is 6.61 Å². The molecule has 126 valence electrons. The number of hydrogen-bond acceptors (Lipinski definition) is 4. The molecule has 24 heavy (non-hydrogen) atoms. The number of rotatable bonds is 7. The lowest BCUT2D eigenvalue weighted by atomic mass is 10.0. The maximum absolute atomic E-state index is 14.7. The summed E-state index contributed by atoms with van der Waals surface area (Å²) in [5.41, 5.74) is 2.14. The summed E-state index contributed by atoms with van der Waals surface area (Å²) in [5.74, 6) is 0. The second-order valence-corrected chi connectivity index (χ2v) is 5.68.